The lowest BCUT2D eigenvalue weighted by Gasteiger charge is -2.33. The van der Waals surface area contributed by atoms with E-state index in [4.69, 9.17) is 4.74 Å². The minimum atomic E-state index is -0.547. The Kier molecular flexibility index (Phi) is 6.41. The molecule has 1 aliphatic rings. The number of amides is 2. The zero-order chi connectivity index (χ0) is 24.5. The number of hydrogen-bond donors (Lipinski definition) is 1. The molecule has 2 amide bonds. The highest BCUT2D eigenvalue weighted by atomic mass is 16.6. The average molecular weight is 467 g/mol. The average Bonchev–Trinajstić information content (AvgIpc) is 3.21. The van der Waals surface area contributed by atoms with Crippen LogP contribution in [0, 0.1) is 0 Å². The van der Waals surface area contributed by atoms with E-state index in [0.29, 0.717) is 43.7 Å². The predicted octanol–water partition coefficient (Wildman–Crippen LogP) is 2.80. The number of carbonyl (C=O) groups excluding carboxylic acids is 2. The molecule has 0 saturated carbocycles. The minimum Gasteiger partial charge on any atom is -0.444 e. The fourth-order valence-corrected chi connectivity index (χ4v) is 4.19. The monoisotopic (exact) mass is 466 g/mol. The molecule has 0 unspecified atom stereocenters. The first-order chi connectivity index (χ1) is 16.1. The normalized spacial score (nSPS) is 14.9. The second kappa shape index (κ2) is 9.28. The van der Waals surface area contributed by atoms with E-state index in [1.165, 1.54) is 12.3 Å². The molecule has 34 heavy (non-hydrogen) atoms. The fourth-order valence-electron chi connectivity index (χ4n) is 4.19. The summed E-state index contributed by atoms with van der Waals surface area (Å²) in [6.07, 6.45) is 5.89. The van der Waals surface area contributed by atoms with Gasteiger partial charge in [0.05, 0.1) is 11.9 Å². The maximum Gasteiger partial charge on any atom is 0.410 e. The van der Waals surface area contributed by atoms with Gasteiger partial charge in [-0.1, -0.05) is 6.07 Å². The van der Waals surface area contributed by atoms with Gasteiger partial charge in [-0.25, -0.2) is 9.31 Å². The smallest absolute Gasteiger partial charge is 0.410 e. The largest absolute Gasteiger partial charge is 0.444 e. The van der Waals surface area contributed by atoms with Crippen molar-refractivity contribution in [2.75, 3.05) is 20.1 Å². The van der Waals surface area contributed by atoms with E-state index in [1.807, 2.05) is 32.9 Å². The number of likely N-dealkylation sites (tertiary alicyclic amines) is 1. The Labute approximate surface area is 197 Å². The van der Waals surface area contributed by atoms with Crippen LogP contribution in [0.25, 0.3) is 5.65 Å². The molecule has 0 atom stereocenters. The van der Waals surface area contributed by atoms with Gasteiger partial charge in [-0.3, -0.25) is 14.6 Å². The number of nitrogens with one attached hydrogen (secondary N) is 1. The molecule has 0 bridgehead atoms. The molecule has 0 radical (unpaired) electrons. The standard InChI is InChI=1S/C24H30N6O4/c1-24(2,3)34-23(33)29-10-7-17(8-11-29)19-12-20(31)27-21-18(14-26-30(19)21)22(32)28(4)15-16-6-5-9-25-13-16/h5-6,9,12-14,17H,7-8,10-11,15H2,1-4H3,(H,27,31). The van der Waals surface area contributed by atoms with Crippen LogP contribution in [0.5, 0.6) is 0 Å². The van der Waals surface area contributed by atoms with E-state index < -0.39 is 5.60 Å². The number of H-pyrrole nitrogens is 1. The number of hydrogen-bond acceptors (Lipinski definition) is 6. The molecule has 0 spiro atoms. The van der Waals surface area contributed by atoms with Crippen molar-refractivity contribution in [2.24, 2.45) is 0 Å². The molecule has 4 heterocycles. The Morgan fingerprint density at radius 1 is 1.24 bits per heavy atom. The highest BCUT2D eigenvalue weighted by Crippen LogP contribution is 2.29. The van der Waals surface area contributed by atoms with Crippen molar-refractivity contribution in [1.29, 1.82) is 0 Å². The fraction of sp³-hybridized carbons (Fsp3) is 0.458. The van der Waals surface area contributed by atoms with Crippen molar-refractivity contribution in [1.82, 2.24) is 29.4 Å². The topological polar surface area (TPSA) is 113 Å². The van der Waals surface area contributed by atoms with Gasteiger partial charge in [0.2, 0.25) is 0 Å². The summed E-state index contributed by atoms with van der Waals surface area (Å²) >= 11 is 0. The van der Waals surface area contributed by atoms with Crippen molar-refractivity contribution in [3.8, 4) is 0 Å². The van der Waals surface area contributed by atoms with Gasteiger partial charge in [0.1, 0.15) is 16.8 Å². The Hall–Kier alpha value is -3.69. The molecule has 0 aromatic carbocycles. The number of aromatic nitrogens is 4. The van der Waals surface area contributed by atoms with Crippen LogP contribution < -0.4 is 5.56 Å². The van der Waals surface area contributed by atoms with Crippen LogP contribution in [-0.2, 0) is 11.3 Å². The summed E-state index contributed by atoms with van der Waals surface area (Å²) in [7, 11) is 1.70. The first kappa shape index (κ1) is 23.5. The SMILES string of the molecule is CN(Cc1cccnc1)C(=O)c1cnn2c(C3CCN(C(=O)OC(C)(C)C)CC3)cc(=O)[nH]c12. The molecule has 180 valence electrons. The summed E-state index contributed by atoms with van der Waals surface area (Å²) in [4.78, 5) is 48.1. The highest BCUT2D eigenvalue weighted by Gasteiger charge is 2.29. The van der Waals surface area contributed by atoms with E-state index in [2.05, 4.69) is 15.1 Å². The Balaban J connectivity index is 1.53. The lowest BCUT2D eigenvalue weighted by atomic mass is 9.93. The van der Waals surface area contributed by atoms with Crippen molar-refractivity contribution in [3.05, 3.63) is 64.0 Å². The summed E-state index contributed by atoms with van der Waals surface area (Å²) in [5.74, 6) is -0.217. The molecule has 10 heteroatoms. The molecular formula is C24H30N6O4. The summed E-state index contributed by atoms with van der Waals surface area (Å²) in [6.45, 7) is 6.96. The third kappa shape index (κ3) is 5.11. The number of carbonyl (C=O) groups is 2. The zero-order valence-electron chi connectivity index (χ0n) is 19.9. The predicted molar refractivity (Wildman–Crippen MR) is 126 cm³/mol. The Morgan fingerprint density at radius 2 is 1.97 bits per heavy atom. The zero-order valence-corrected chi connectivity index (χ0v) is 19.9. The van der Waals surface area contributed by atoms with Gasteiger partial charge >= 0.3 is 6.09 Å². The molecule has 3 aromatic heterocycles. The van der Waals surface area contributed by atoms with Gasteiger partial charge in [0.15, 0.2) is 0 Å². The summed E-state index contributed by atoms with van der Waals surface area (Å²) < 4.78 is 7.11. The number of pyridine rings is 1. The first-order valence-electron chi connectivity index (χ1n) is 11.4. The van der Waals surface area contributed by atoms with Crippen LogP contribution in [0.4, 0.5) is 4.79 Å². The molecule has 3 aromatic rings. The number of rotatable bonds is 4. The molecule has 1 N–H and O–H groups in total. The van der Waals surface area contributed by atoms with E-state index in [0.717, 1.165) is 11.3 Å². The van der Waals surface area contributed by atoms with Crippen LogP contribution in [0.3, 0.4) is 0 Å². The van der Waals surface area contributed by atoms with E-state index >= 15 is 0 Å². The van der Waals surface area contributed by atoms with Crippen LogP contribution in [0.15, 0.2) is 41.6 Å². The number of aromatic amines is 1. The molecule has 0 aliphatic carbocycles. The Morgan fingerprint density at radius 3 is 2.62 bits per heavy atom. The van der Waals surface area contributed by atoms with Gasteiger partial charge in [-0.2, -0.15) is 5.10 Å². The van der Waals surface area contributed by atoms with E-state index in [1.54, 1.807) is 33.8 Å². The molecule has 1 fully saturated rings. The summed E-state index contributed by atoms with van der Waals surface area (Å²) in [6, 6.07) is 5.25. The van der Waals surface area contributed by atoms with Crippen molar-refractivity contribution < 1.29 is 14.3 Å². The maximum absolute atomic E-state index is 13.1. The van der Waals surface area contributed by atoms with E-state index in [9.17, 15) is 14.4 Å². The lowest BCUT2D eigenvalue weighted by molar-refractivity contribution is 0.0203. The van der Waals surface area contributed by atoms with Crippen molar-refractivity contribution in [2.45, 2.75) is 51.7 Å². The van der Waals surface area contributed by atoms with Gasteiger partial charge in [0.25, 0.3) is 11.5 Å². The van der Waals surface area contributed by atoms with Gasteiger partial charge in [-0.05, 0) is 45.2 Å². The number of fused-ring (bicyclic) bond motifs is 1. The van der Waals surface area contributed by atoms with Crippen LogP contribution in [-0.4, -0.2) is 67.1 Å². The van der Waals surface area contributed by atoms with Crippen molar-refractivity contribution in [3.63, 3.8) is 0 Å². The van der Waals surface area contributed by atoms with Crippen LogP contribution in [0.1, 0.15) is 61.1 Å². The number of nitrogens with zero attached hydrogens (tertiary/aromatic N) is 5. The summed E-state index contributed by atoms with van der Waals surface area (Å²) in [5, 5.41) is 4.43. The van der Waals surface area contributed by atoms with Crippen LogP contribution >= 0.6 is 0 Å². The minimum absolute atomic E-state index is 0.0273. The van der Waals surface area contributed by atoms with Gasteiger partial charge in [0, 0.05) is 51.1 Å². The molecule has 1 aliphatic heterocycles. The Bertz CT molecular complexity index is 1240. The molecule has 10 nitrogen and oxygen atoms in total. The number of piperidine rings is 1. The van der Waals surface area contributed by atoms with E-state index in [-0.39, 0.29) is 23.5 Å². The number of ether oxygens (including phenoxy) is 1. The van der Waals surface area contributed by atoms with Crippen LogP contribution in [0.2, 0.25) is 0 Å². The second-order valence-corrected chi connectivity index (χ2v) is 9.64. The maximum atomic E-state index is 13.1. The lowest BCUT2D eigenvalue weighted by Crippen LogP contribution is -2.41. The molecule has 1 saturated heterocycles. The summed E-state index contributed by atoms with van der Waals surface area (Å²) in [5.41, 5.74) is 1.50. The third-order valence-electron chi connectivity index (χ3n) is 5.82. The second-order valence-electron chi connectivity index (χ2n) is 9.64. The first-order valence-corrected chi connectivity index (χ1v) is 11.4. The van der Waals surface area contributed by atoms with Gasteiger partial charge in [-0.15, -0.1) is 0 Å². The molecular weight excluding hydrogens is 436 g/mol. The highest BCUT2D eigenvalue weighted by molar-refractivity contribution is 5.99. The molecule has 4 rings (SSSR count). The van der Waals surface area contributed by atoms with Crippen molar-refractivity contribution >= 4 is 17.6 Å². The van der Waals surface area contributed by atoms with Gasteiger partial charge < -0.3 is 19.5 Å². The third-order valence-corrected chi connectivity index (χ3v) is 5.82. The quantitative estimate of drug-likeness (QED) is 0.633.